The van der Waals surface area contributed by atoms with Gasteiger partial charge in [0.05, 0.1) is 30.1 Å². The number of phenolic OH excluding ortho intramolecular Hbond substituents is 1. The van der Waals surface area contributed by atoms with Crippen molar-refractivity contribution in [1.82, 2.24) is 0 Å². The molecule has 0 aliphatic carbocycles. The Morgan fingerprint density at radius 3 is 2.48 bits per heavy atom. The van der Waals surface area contributed by atoms with Gasteiger partial charge in [0.1, 0.15) is 16.4 Å². The van der Waals surface area contributed by atoms with Gasteiger partial charge in [0.2, 0.25) is 0 Å². The van der Waals surface area contributed by atoms with Crippen LogP contribution in [0.15, 0.2) is 92.6 Å². The van der Waals surface area contributed by atoms with E-state index in [9.17, 15) is 9.90 Å². The Morgan fingerprint density at radius 2 is 1.76 bits per heavy atom. The maximum atomic E-state index is 13.7. The number of carbonyl (C=O) groups excluding carboxylic acids is 1. The van der Waals surface area contributed by atoms with Crippen molar-refractivity contribution in [3.05, 3.63) is 88.3 Å². The summed E-state index contributed by atoms with van der Waals surface area (Å²) in [5, 5.41) is 11.2. The second kappa shape index (κ2) is 8.88. The van der Waals surface area contributed by atoms with Gasteiger partial charge in [0, 0.05) is 18.0 Å². The standard InChI is InChI=1S/C25H21N3O3S2/c1-27-20-14-19(31-2)12-13-21(20)32-24(27)22-23(30)28(17-8-10-18(29)11-9-17)25(33-22)26-15-16-6-4-3-5-7-16/h3-14,29H,15H2,1-2H3/b24-22-,26-25?. The first kappa shape index (κ1) is 21.5. The fraction of sp³-hybridized carbons (Fsp3) is 0.120. The van der Waals surface area contributed by atoms with Crippen LogP contribution < -0.4 is 14.5 Å². The third kappa shape index (κ3) is 4.07. The molecule has 0 spiro atoms. The first-order valence-corrected chi connectivity index (χ1v) is 11.9. The lowest BCUT2D eigenvalue weighted by atomic mass is 10.2. The number of benzene rings is 3. The molecule has 1 N–H and O–H groups in total. The minimum atomic E-state index is -0.133. The molecule has 1 amide bonds. The predicted octanol–water partition coefficient (Wildman–Crippen LogP) is 5.45. The van der Waals surface area contributed by atoms with Gasteiger partial charge in [-0.05, 0) is 53.7 Å². The van der Waals surface area contributed by atoms with Gasteiger partial charge in [0.15, 0.2) is 5.17 Å². The molecule has 0 atom stereocenters. The number of hydrogen-bond acceptors (Lipinski definition) is 7. The zero-order valence-electron chi connectivity index (χ0n) is 18.1. The van der Waals surface area contributed by atoms with Crippen LogP contribution >= 0.6 is 23.5 Å². The highest BCUT2D eigenvalue weighted by Crippen LogP contribution is 2.51. The Morgan fingerprint density at radius 1 is 1.00 bits per heavy atom. The molecule has 2 aliphatic rings. The lowest BCUT2D eigenvalue weighted by Crippen LogP contribution is -2.29. The summed E-state index contributed by atoms with van der Waals surface area (Å²) in [6, 6.07) is 22.5. The molecule has 33 heavy (non-hydrogen) atoms. The van der Waals surface area contributed by atoms with Crippen molar-refractivity contribution in [3.63, 3.8) is 0 Å². The maximum Gasteiger partial charge on any atom is 0.274 e. The molecule has 0 unspecified atom stereocenters. The molecule has 1 fully saturated rings. The molecule has 2 aliphatic heterocycles. The molecule has 6 nitrogen and oxygen atoms in total. The summed E-state index contributed by atoms with van der Waals surface area (Å²) in [7, 11) is 3.60. The third-order valence-corrected chi connectivity index (χ3v) is 7.79. The molecule has 8 heteroatoms. The lowest BCUT2D eigenvalue weighted by Gasteiger charge is -2.17. The quantitative estimate of drug-likeness (QED) is 0.507. The smallest absolute Gasteiger partial charge is 0.274 e. The van der Waals surface area contributed by atoms with Gasteiger partial charge >= 0.3 is 0 Å². The summed E-state index contributed by atoms with van der Waals surface area (Å²) in [4.78, 5) is 23.8. The molecule has 0 aromatic heterocycles. The van der Waals surface area contributed by atoms with E-state index in [1.54, 1.807) is 48.0 Å². The molecule has 2 heterocycles. The zero-order chi connectivity index (χ0) is 22.9. The van der Waals surface area contributed by atoms with Gasteiger partial charge in [-0.2, -0.15) is 0 Å². The summed E-state index contributed by atoms with van der Waals surface area (Å²) in [5.41, 5.74) is 2.73. The summed E-state index contributed by atoms with van der Waals surface area (Å²) < 4.78 is 5.37. The number of aliphatic imine (C=N–C) groups is 1. The van der Waals surface area contributed by atoms with Crippen LogP contribution in [0.25, 0.3) is 0 Å². The Hall–Kier alpha value is -3.36. The topological polar surface area (TPSA) is 65.4 Å². The predicted molar refractivity (Wildman–Crippen MR) is 135 cm³/mol. The Labute approximate surface area is 200 Å². The zero-order valence-corrected chi connectivity index (χ0v) is 19.7. The largest absolute Gasteiger partial charge is 0.508 e. The fourth-order valence-electron chi connectivity index (χ4n) is 3.63. The number of carbonyl (C=O) groups is 1. The summed E-state index contributed by atoms with van der Waals surface area (Å²) in [6.07, 6.45) is 0. The van der Waals surface area contributed by atoms with Crippen molar-refractivity contribution >= 4 is 46.0 Å². The van der Waals surface area contributed by atoms with Crippen molar-refractivity contribution in [1.29, 1.82) is 0 Å². The van der Waals surface area contributed by atoms with Crippen LogP contribution in [0.4, 0.5) is 11.4 Å². The van der Waals surface area contributed by atoms with E-state index in [4.69, 9.17) is 9.73 Å². The molecule has 3 aromatic carbocycles. The number of nitrogens with zero attached hydrogens (tertiary/aromatic N) is 3. The number of thioether (sulfide) groups is 2. The molecule has 166 valence electrons. The van der Waals surface area contributed by atoms with Crippen LogP contribution in [0.3, 0.4) is 0 Å². The Bertz CT molecular complexity index is 1270. The maximum absolute atomic E-state index is 13.7. The average Bonchev–Trinajstić information content (AvgIpc) is 3.34. The third-order valence-electron chi connectivity index (χ3n) is 5.36. The number of aromatic hydroxyl groups is 1. The van der Waals surface area contributed by atoms with Gasteiger partial charge < -0.3 is 14.7 Å². The van der Waals surface area contributed by atoms with E-state index in [-0.39, 0.29) is 11.7 Å². The van der Waals surface area contributed by atoms with Crippen LogP contribution in [-0.4, -0.2) is 30.3 Å². The number of anilines is 2. The van der Waals surface area contributed by atoms with Crippen LogP contribution in [-0.2, 0) is 11.3 Å². The van der Waals surface area contributed by atoms with E-state index >= 15 is 0 Å². The highest BCUT2D eigenvalue weighted by atomic mass is 32.2. The number of ether oxygens (including phenoxy) is 1. The number of rotatable bonds is 4. The van der Waals surface area contributed by atoms with Crippen molar-refractivity contribution in [3.8, 4) is 11.5 Å². The molecule has 5 rings (SSSR count). The van der Waals surface area contributed by atoms with Crippen LogP contribution in [0.5, 0.6) is 11.5 Å². The first-order valence-electron chi connectivity index (χ1n) is 10.3. The normalized spacial score (nSPS) is 18.8. The fourth-order valence-corrected chi connectivity index (χ4v) is 5.94. The minimum Gasteiger partial charge on any atom is -0.508 e. The van der Waals surface area contributed by atoms with E-state index in [2.05, 4.69) is 0 Å². The Balaban J connectivity index is 1.54. The van der Waals surface area contributed by atoms with E-state index in [1.165, 1.54) is 11.8 Å². The molecular formula is C25H21N3O3S2. The first-order chi connectivity index (χ1) is 16.0. The SMILES string of the molecule is COc1ccc2c(c1)N(C)/C(=C1/SC(=NCc3ccccc3)N(c3ccc(O)cc3)C1=O)S2. The van der Waals surface area contributed by atoms with E-state index < -0.39 is 0 Å². The van der Waals surface area contributed by atoms with Gasteiger partial charge in [0.25, 0.3) is 5.91 Å². The number of hydrogen-bond donors (Lipinski definition) is 1. The highest BCUT2D eigenvalue weighted by molar-refractivity contribution is 8.20. The molecule has 3 aromatic rings. The van der Waals surface area contributed by atoms with Crippen molar-refractivity contribution in [2.75, 3.05) is 24.0 Å². The summed E-state index contributed by atoms with van der Waals surface area (Å²) in [6.45, 7) is 0.466. The van der Waals surface area contributed by atoms with E-state index in [0.717, 1.165) is 26.9 Å². The van der Waals surface area contributed by atoms with E-state index in [0.29, 0.717) is 22.3 Å². The summed E-state index contributed by atoms with van der Waals surface area (Å²) >= 11 is 2.94. The average molecular weight is 476 g/mol. The van der Waals surface area contributed by atoms with Crippen LogP contribution in [0.1, 0.15) is 5.56 Å². The number of phenols is 1. The monoisotopic (exact) mass is 475 g/mol. The van der Waals surface area contributed by atoms with Gasteiger partial charge in [-0.25, -0.2) is 0 Å². The van der Waals surface area contributed by atoms with Crippen molar-refractivity contribution < 1.29 is 14.6 Å². The van der Waals surface area contributed by atoms with Crippen molar-refractivity contribution in [2.45, 2.75) is 11.4 Å². The second-order valence-corrected chi connectivity index (χ2v) is 9.48. The minimum absolute atomic E-state index is 0.133. The molecule has 0 bridgehead atoms. The highest BCUT2D eigenvalue weighted by Gasteiger charge is 2.40. The number of amidine groups is 1. The van der Waals surface area contributed by atoms with Gasteiger partial charge in [-0.3, -0.25) is 14.7 Å². The Kier molecular flexibility index (Phi) is 5.78. The lowest BCUT2D eigenvalue weighted by molar-refractivity contribution is -0.113. The number of amides is 1. The molecular weight excluding hydrogens is 454 g/mol. The van der Waals surface area contributed by atoms with Crippen molar-refractivity contribution in [2.24, 2.45) is 4.99 Å². The van der Waals surface area contributed by atoms with Gasteiger partial charge in [-0.15, -0.1) is 0 Å². The van der Waals surface area contributed by atoms with Crippen LogP contribution in [0, 0.1) is 0 Å². The summed E-state index contributed by atoms with van der Waals surface area (Å²) in [5.74, 6) is 0.787. The molecule has 0 saturated carbocycles. The molecule has 0 radical (unpaired) electrons. The second-order valence-electron chi connectivity index (χ2n) is 7.47. The number of fused-ring (bicyclic) bond motifs is 1. The van der Waals surface area contributed by atoms with Gasteiger partial charge in [-0.1, -0.05) is 42.1 Å². The molecule has 1 saturated heterocycles. The number of methoxy groups -OCH3 is 1. The van der Waals surface area contributed by atoms with E-state index in [1.807, 2.05) is 60.5 Å². The van der Waals surface area contributed by atoms with Crippen LogP contribution in [0.2, 0.25) is 0 Å².